The summed E-state index contributed by atoms with van der Waals surface area (Å²) in [5, 5.41) is 13.7. The van der Waals surface area contributed by atoms with Crippen molar-refractivity contribution in [2.24, 2.45) is 0 Å². The van der Waals surface area contributed by atoms with Crippen LogP contribution in [0.4, 0.5) is 15.8 Å². The molecule has 0 aliphatic heterocycles. The Hall–Kier alpha value is -1.50. The molecule has 21 heavy (non-hydrogen) atoms. The van der Waals surface area contributed by atoms with Crippen molar-refractivity contribution < 1.29 is 14.1 Å². The first kappa shape index (κ1) is 17.6. The standard InChI is InChI=1S/C14H21FN2O3S/c1-20-14-10-12(11(15)9-13(14)17(18)19)16-7-5-3-4-6-8-21-2/h9-10,16H,3-8H2,1-2H3. The lowest BCUT2D eigenvalue weighted by Crippen LogP contribution is -2.05. The van der Waals surface area contributed by atoms with E-state index in [2.05, 4.69) is 11.6 Å². The number of nitro benzene ring substituents is 1. The van der Waals surface area contributed by atoms with Gasteiger partial charge in [0.1, 0.15) is 0 Å². The van der Waals surface area contributed by atoms with Crippen LogP contribution in [0.15, 0.2) is 12.1 Å². The van der Waals surface area contributed by atoms with Crippen molar-refractivity contribution >= 4 is 23.1 Å². The number of hydrogen-bond donors (Lipinski definition) is 1. The number of halogens is 1. The summed E-state index contributed by atoms with van der Waals surface area (Å²) in [5.41, 5.74) is -0.126. The number of nitro groups is 1. The van der Waals surface area contributed by atoms with Crippen molar-refractivity contribution in [2.45, 2.75) is 25.7 Å². The number of anilines is 1. The van der Waals surface area contributed by atoms with E-state index in [0.717, 1.165) is 25.3 Å². The van der Waals surface area contributed by atoms with Crippen LogP contribution in [0.3, 0.4) is 0 Å². The van der Waals surface area contributed by atoms with Gasteiger partial charge in [-0.2, -0.15) is 11.8 Å². The summed E-state index contributed by atoms with van der Waals surface area (Å²) in [6, 6.07) is 2.22. The average molecular weight is 316 g/mol. The molecule has 0 fully saturated rings. The number of nitrogens with zero attached hydrogens (tertiary/aromatic N) is 1. The van der Waals surface area contributed by atoms with Gasteiger partial charge in [0.05, 0.1) is 23.8 Å². The monoisotopic (exact) mass is 316 g/mol. The zero-order chi connectivity index (χ0) is 15.7. The number of methoxy groups -OCH3 is 1. The predicted molar refractivity (Wildman–Crippen MR) is 84.9 cm³/mol. The molecule has 5 nitrogen and oxygen atoms in total. The van der Waals surface area contributed by atoms with Gasteiger partial charge in [-0.1, -0.05) is 12.8 Å². The molecular formula is C14H21FN2O3S. The third-order valence-electron chi connectivity index (χ3n) is 3.06. The molecule has 0 atom stereocenters. The number of nitrogens with one attached hydrogen (secondary N) is 1. The highest BCUT2D eigenvalue weighted by Gasteiger charge is 2.18. The maximum atomic E-state index is 13.8. The van der Waals surface area contributed by atoms with Crippen LogP contribution in [0.2, 0.25) is 0 Å². The van der Waals surface area contributed by atoms with Crippen molar-refractivity contribution in [2.75, 3.05) is 31.0 Å². The Labute approximate surface area is 128 Å². The van der Waals surface area contributed by atoms with E-state index in [1.54, 1.807) is 0 Å². The van der Waals surface area contributed by atoms with Crippen molar-refractivity contribution in [3.63, 3.8) is 0 Å². The van der Waals surface area contributed by atoms with E-state index in [-0.39, 0.29) is 17.1 Å². The van der Waals surface area contributed by atoms with Gasteiger partial charge in [0.15, 0.2) is 11.6 Å². The van der Waals surface area contributed by atoms with Gasteiger partial charge in [-0.25, -0.2) is 4.39 Å². The summed E-state index contributed by atoms with van der Waals surface area (Å²) in [6.45, 7) is 0.636. The molecule has 1 aromatic carbocycles. The highest BCUT2D eigenvalue weighted by atomic mass is 32.2. The van der Waals surface area contributed by atoms with E-state index >= 15 is 0 Å². The molecule has 0 radical (unpaired) electrons. The maximum absolute atomic E-state index is 13.8. The minimum Gasteiger partial charge on any atom is -0.490 e. The van der Waals surface area contributed by atoms with E-state index in [0.29, 0.717) is 6.54 Å². The molecule has 0 aliphatic rings. The molecule has 118 valence electrons. The van der Waals surface area contributed by atoms with Gasteiger partial charge in [-0.15, -0.1) is 0 Å². The van der Waals surface area contributed by atoms with Crippen LogP contribution < -0.4 is 10.1 Å². The zero-order valence-corrected chi connectivity index (χ0v) is 13.2. The Bertz CT molecular complexity index is 472. The molecule has 0 spiro atoms. The first-order chi connectivity index (χ1) is 10.1. The van der Waals surface area contributed by atoms with Gasteiger partial charge in [0.25, 0.3) is 0 Å². The second kappa shape index (κ2) is 9.44. The number of thioether (sulfide) groups is 1. The third kappa shape index (κ3) is 5.79. The van der Waals surface area contributed by atoms with Crippen LogP contribution in [0, 0.1) is 15.9 Å². The summed E-state index contributed by atoms with van der Waals surface area (Å²) in [7, 11) is 1.33. The molecule has 0 heterocycles. The van der Waals surface area contributed by atoms with Crippen LogP contribution in [0.5, 0.6) is 5.75 Å². The fourth-order valence-corrected chi connectivity index (χ4v) is 2.43. The van der Waals surface area contributed by atoms with Gasteiger partial charge in [0.2, 0.25) is 0 Å². The Morgan fingerprint density at radius 3 is 2.67 bits per heavy atom. The largest absolute Gasteiger partial charge is 0.490 e. The van der Waals surface area contributed by atoms with Gasteiger partial charge in [-0.05, 0) is 24.9 Å². The van der Waals surface area contributed by atoms with Crippen LogP contribution in [0.25, 0.3) is 0 Å². The second-order valence-electron chi connectivity index (χ2n) is 4.59. The van der Waals surface area contributed by atoms with Crippen molar-refractivity contribution in [1.82, 2.24) is 0 Å². The highest BCUT2D eigenvalue weighted by Crippen LogP contribution is 2.32. The fraction of sp³-hybridized carbons (Fsp3) is 0.571. The molecule has 0 saturated carbocycles. The molecule has 0 aliphatic carbocycles. The summed E-state index contributed by atoms with van der Waals surface area (Å²) >= 11 is 1.84. The third-order valence-corrected chi connectivity index (χ3v) is 3.75. The minimum absolute atomic E-state index is 0.0591. The minimum atomic E-state index is -0.655. The fourth-order valence-electron chi connectivity index (χ4n) is 1.93. The summed E-state index contributed by atoms with van der Waals surface area (Å²) < 4.78 is 18.7. The number of unbranched alkanes of at least 4 members (excludes halogenated alkanes) is 3. The second-order valence-corrected chi connectivity index (χ2v) is 5.58. The van der Waals surface area contributed by atoms with Gasteiger partial charge in [-0.3, -0.25) is 10.1 Å². The van der Waals surface area contributed by atoms with Crippen LogP contribution in [-0.2, 0) is 0 Å². The first-order valence-electron chi connectivity index (χ1n) is 6.85. The molecule has 0 amide bonds. The van der Waals surface area contributed by atoms with E-state index in [9.17, 15) is 14.5 Å². The maximum Gasteiger partial charge on any atom is 0.313 e. The lowest BCUT2D eigenvalue weighted by molar-refractivity contribution is -0.385. The quantitative estimate of drug-likeness (QED) is 0.400. The topological polar surface area (TPSA) is 64.4 Å². The van der Waals surface area contributed by atoms with Crippen molar-refractivity contribution in [3.05, 3.63) is 28.1 Å². The molecule has 1 N–H and O–H groups in total. The Morgan fingerprint density at radius 1 is 1.33 bits per heavy atom. The number of benzene rings is 1. The molecule has 7 heteroatoms. The average Bonchev–Trinajstić information content (AvgIpc) is 2.47. The predicted octanol–water partition coefficient (Wildman–Crippen LogP) is 4.08. The first-order valence-corrected chi connectivity index (χ1v) is 8.24. The SMILES string of the molecule is COc1cc(NCCCCCCSC)c(F)cc1[N+](=O)[O-]. The summed E-state index contributed by atoms with van der Waals surface area (Å²) in [5.74, 6) is 0.593. The van der Waals surface area contributed by atoms with Crippen molar-refractivity contribution in [3.8, 4) is 5.75 Å². The molecule has 0 unspecified atom stereocenters. The lowest BCUT2D eigenvalue weighted by Gasteiger charge is -2.09. The normalized spacial score (nSPS) is 10.4. The van der Waals surface area contributed by atoms with Crippen LogP contribution in [-0.4, -0.2) is 30.6 Å². The van der Waals surface area contributed by atoms with E-state index in [4.69, 9.17) is 4.74 Å². The Morgan fingerprint density at radius 2 is 2.05 bits per heavy atom. The Balaban J connectivity index is 2.50. The van der Waals surface area contributed by atoms with Gasteiger partial charge in [0, 0.05) is 12.6 Å². The zero-order valence-electron chi connectivity index (χ0n) is 12.4. The van der Waals surface area contributed by atoms with E-state index in [1.165, 1.54) is 25.3 Å². The smallest absolute Gasteiger partial charge is 0.313 e. The molecule has 1 aromatic rings. The molecule has 1 rings (SSSR count). The molecule has 0 bridgehead atoms. The summed E-state index contributed by atoms with van der Waals surface area (Å²) in [4.78, 5) is 10.1. The number of rotatable bonds is 10. The van der Waals surface area contributed by atoms with E-state index < -0.39 is 10.7 Å². The van der Waals surface area contributed by atoms with Crippen molar-refractivity contribution in [1.29, 1.82) is 0 Å². The molecule has 0 aromatic heterocycles. The summed E-state index contributed by atoms with van der Waals surface area (Å²) in [6.07, 6.45) is 6.47. The lowest BCUT2D eigenvalue weighted by atomic mass is 10.2. The van der Waals surface area contributed by atoms with Gasteiger partial charge < -0.3 is 10.1 Å². The van der Waals surface area contributed by atoms with Crippen LogP contribution >= 0.6 is 11.8 Å². The highest BCUT2D eigenvalue weighted by molar-refractivity contribution is 7.98. The molecule has 0 saturated heterocycles. The number of hydrogen-bond acceptors (Lipinski definition) is 5. The van der Waals surface area contributed by atoms with Crippen LogP contribution in [0.1, 0.15) is 25.7 Å². The molecular weight excluding hydrogens is 295 g/mol. The van der Waals surface area contributed by atoms with E-state index in [1.807, 2.05) is 11.8 Å². The Kier molecular flexibility index (Phi) is 7.89. The number of ether oxygens (including phenoxy) is 1. The van der Waals surface area contributed by atoms with Gasteiger partial charge >= 0.3 is 5.69 Å².